The summed E-state index contributed by atoms with van der Waals surface area (Å²) in [5.74, 6) is 1.57. The fraction of sp³-hybridized carbons (Fsp3) is 0.647. The summed E-state index contributed by atoms with van der Waals surface area (Å²) in [7, 11) is 5.15. The molecule has 1 N–H and O–H groups in total. The number of ether oxygens (including phenoxy) is 3. The second-order valence-electron chi connectivity index (χ2n) is 5.56. The van der Waals surface area contributed by atoms with E-state index in [1.807, 2.05) is 13.2 Å². The van der Waals surface area contributed by atoms with E-state index < -0.39 is 0 Å². The van der Waals surface area contributed by atoms with Gasteiger partial charge in [0, 0.05) is 13.2 Å². The first kappa shape index (κ1) is 16.1. The fourth-order valence-electron chi connectivity index (χ4n) is 3.05. The van der Waals surface area contributed by atoms with Gasteiger partial charge in [0.05, 0.1) is 20.3 Å². The van der Waals surface area contributed by atoms with Crippen molar-refractivity contribution in [2.75, 3.05) is 27.9 Å². The van der Waals surface area contributed by atoms with Crippen molar-refractivity contribution in [3.8, 4) is 11.5 Å². The Morgan fingerprint density at radius 2 is 1.81 bits per heavy atom. The smallest absolute Gasteiger partial charge is 0.160 e. The molecule has 2 rings (SSSR count). The van der Waals surface area contributed by atoms with Gasteiger partial charge in [-0.2, -0.15) is 0 Å². The molecule has 0 aromatic heterocycles. The monoisotopic (exact) mass is 293 g/mol. The molecule has 0 radical (unpaired) electrons. The Kier molecular flexibility index (Phi) is 6.33. The predicted molar refractivity (Wildman–Crippen MR) is 84.3 cm³/mol. The van der Waals surface area contributed by atoms with Crippen LogP contribution in [-0.2, 0) is 11.2 Å². The van der Waals surface area contributed by atoms with E-state index in [4.69, 9.17) is 14.2 Å². The van der Waals surface area contributed by atoms with E-state index >= 15 is 0 Å². The van der Waals surface area contributed by atoms with Gasteiger partial charge in [-0.3, -0.25) is 0 Å². The molecule has 118 valence electrons. The number of benzene rings is 1. The van der Waals surface area contributed by atoms with Crippen LogP contribution in [0.1, 0.15) is 31.2 Å². The molecule has 2 atom stereocenters. The number of methoxy groups -OCH3 is 3. The lowest BCUT2D eigenvalue weighted by Gasteiger charge is -2.31. The second-order valence-corrected chi connectivity index (χ2v) is 5.56. The third-order valence-electron chi connectivity index (χ3n) is 4.27. The normalized spacial score (nSPS) is 22.0. The molecular weight excluding hydrogens is 266 g/mol. The van der Waals surface area contributed by atoms with Gasteiger partial charge in [-0.1, -0.05) is 18.9 Å². The predicted octanol–water partition coefficient (Wildman–Crippen LogP) is 2.79. The van der Waals surface area contributed by atoms with Crippen LogP contribution in [-0.4, -0.2) is 40.0 Å². The van der Waals surface area contributed by atoms with Gasteiger partial charge in [-0.05, 0) is 43.5 Å². The molecule has 0 unspecified atom stereocenters. The zero-order valence-corrected chi connectivity index (χ0v) is 13.4. The summed E-state index contributed by atoms with van der Waals surface area (Å²) in [6.07, 6.45) is 6.31. The summed E-state index contributed by atoms with van der Waals surface area (Å²) >= 11 is 0. The molecule has 1 fully saturated rings. The summed E-state index contributed by atoms with van der Waals surface area (Å²) in [6.45, 7) is 0.958. The van der Waals surface area contributed by atoms with Crippen molar-refractivity contribution in [3.63, 3.8) is 0 Å². The molecule has 21 heavy (non-hydrogen) atoms. The molecule has 0 spiro atoms. The molecule has 1 aromatic carbocycles. The SMILES string of the molecule is COc1ccc(CCN[C@@H]2CCCC[C@@H]2OC)cc1OC. The van der Waals surface area contributed by atoms with E-state index in [-0.39, 0.29) is 0 Å². The number of hydrogen-bond acceptors (Lipinski definition) is 4. The molecule has 1 aromatic rings. The van der Waals surface area contributed by atoms with Crippen molar-refractivity contribution in [2.45, 2.75) is 44.2 Å². The van der Waals surface area contributed by atoms with Crippen LogP contribution in [0.25, 0.3) is 0 Å². The molecule has 1 saturated carbocycles. The van der Waals surface area contributed by atoms with Gasteiger partial charge < -0.3 is 19.5 Å². The van der Waals surface area contributed by atoms with Crippen molar-refractivity contribution in [3.05, 3.63) is 23.8 Å². The van der Waals surface area contributed by atoms with Gasteiger partial charge >= 0.3 is 0 Å². The summed E-state index contributed by atoms with van der Waals surface area (Å²) in [4.78, 5) is 0. The molecule has 0 amide bonds. The van der Waals surface area contributed by atoms with Crippen molar-refractivity contribution < 1.29 is 14.2 Å². The highest BCUT2D eigenvalue weighted by Crippen LogP contribution is 2.27. The van der Waals surface area contributed by atoms with Crippen molar-refractivity contribution >= 4 is 0 Å². The summed E-state index contributed by atoms with van der Waals surface area (Å²) in [6, 6.07) is 6.60. The van der Waals surface area contributed by atoms with Gasteiger partial charge in [-0.15, -0.1) is 0 Å². The van der Waals surface area contributed by atoms with Gasteiger partial charge in [0.2, 0.25) is 0 Å². The van der Waals surface area contributed by atoms with Gasteiger partial charge in [0.15, 0.2) is 11.5 Å². The van der Waals surface area contributed by atoms with E-state index in [9.17, 15) is 0 Å². The van der Waals surface area contributed by atoms with Crippen LogP contribution in [0.15, 0.2) is 18.2 Å². The van der Waals surface area contributed by atoms with Crippen LogP contribution < -0.4 is 14.8 Å². The maximum Gasteiger partial charge on any atom is 0.160 e. The lowest BCUT2D eigenvalue weighted by atomic mass is 9.92. The lowest BCUT2D eigenvalue weighted by molar-refractivity contribution is 0.0421. The van der Waals surface area contributed by atoms with Crippen molar-refractivity contribution in [1.29, 1.82) is 0 Å². The standard InChI is InChI=1S/C17H27NO3/c1-19-15-7-5-4-6-14(15)18-11-10-13-8-9-16(20-2)17(12-13)21-3/h8-9,12,14-15,18H,4-7,10-11H2,1-3H3/t14-,15+/m1/s1. The summed E-state index contributed by atoms with van der Waals surface area (Å²) < 4.78 is 16.2. The second kappa shape index (κ2) is 8.25. The Labute approximate surface area is 127 Å². The average molecular weight is 293 g/mol. The zero-order chi connectivity index (χ0) is 15.1. The lowest BCUT2D eigenvalue weighted by Crippen LogP contribution is -2.43. The largest absolute Gasteiger partial charge is 0.493 e. The maximum atomic E-state index is 5.57. The number of nitrogens with one attached hydrogen (secondary N) is 1. The molecule has 0 bridgehead atoms. The average Bonchev–Trinajstić information content (AvgIpc) is 2.55. The third kappa shape index (κ3) is 4.35. The Bertz CT molecular complexity index is 436. The molecular formula is C17H27NO3. The molecule has 4 heteroatoms. The Hall–Kier alpha value is -1.26. The van der Waals surface area contributed by atoms with E-state index in [1.165, 1.54) is 31.2 Å². The van der Waals surface area contributed by atoms with Gasteiger partial charge in [0.1, 0.15) is 0 Å². The number of rotatable bonds is 7. The Morgan fingerprint density at radius 1 is 1.05 bits per heavy atom. The quantitative estimate of drug-likeness (QED) is 0.839. The molecule has 4 nitrogen and oxygen atoms in total. The zero-order valence-electron chi connectivity index (χ0n) is 13.4. The topological polar surface area (TPSA) is 39.7 Å². The van der Waals surface area contributed by atoms with Crippen LogP contribution in [0, 0.1) is 0 Å². The molecule has 0 saturated heterocycles. The van der Waals surface area contributed by atoms with Crippen LogP contribution in [0.3, 0.4) is 0 Å². The Morgan fingerprint density at radius 3 is 2.52 bits per heavy atom. The van der Waals surface area contributed by atoms with Crippen LogP contribution in [0.5, 0.6) is 11.5 Å². The highest BCUT2D eigenvalue weighted by atomic mass is 16.5. The van der Waals surface area contributed by atoms with E-state index in [1.54, 1.807) is 14.2 Å². The van der Waals surface area contributed by atoms with Crippen LogP contribution in [0.2, 0.25) is 0 Å². The molecule has 1 aliphatic rings. The molecule has 0 aliphatic heterocycles. The Balaban J connectivity index is 1.85. The van der Waals surface area contributed by atoms with E-state index in [0.29, 0.717) is 12.1 Å². The van der Waals surface area contributed by atoms with Gasteiger partial charge in [-0.25, -0.2) is 0 Å². The minimum Gasteiger partial charge on any atom is -0.493 e. The minimum absolute atomic E-state index is 0.365. The molecule has 1 aliphatic carbocycles. The maximum absolute atomic E-state index is 5.57. The highest BCUT2D eigenvalue weighted by Gasteiger charge is 2.23. The first-order chi connectivity index (χ1) is 10.3. The van der Waals surface area contributed by atoms with E-state index in [2.05, 4.69) is 17.4 Å². The van der Waals surface area contributed by atoms with E-state index in [0.717, 1.165) is 24.5 Å². The first-order valence-electron chi connectivity index (χ1n) is 7.75. The van der Waals surface area contributed by atoms with Crippen molar-refractivity contribution in [2.24, 2.45) is 0 Å². The summed E-state index contributed by atoms with van der Waals surface area (Å²) in [5, 5.41) is 3.64. The van der Waals surface area contributed by atoms with Gasteiger partial charge in [0.25, 0.3) is 0 Å². The first-order valence-corrected chi connectivity index (χ1v) is 7.75. The van der Waals surface area contributed by atoms with Crippen LogP contribution in [0.4, 0.5) is 0 Å². The highest BCUT2D eigenvalue weighted by molar-refractivity contribution is 5.42. The molecule has 0 heterocycles. The van der Waals surface area contributed by atoms with Crippen LogP contribution >= 0.6 is 0 Å². The summed E-state index contributed by atoms with van der Waals surface area (Å²) in [5.41, 5.74) is 1.25. The fourth-order valence-corrected chi connectivity index (χ4v) is 3.05. The minimum atomic E-state index is 0.365. The third-order valence-corrected chi connectivity index (χ3v) is 4.27. The van der Waals surface area contributed by atoms with Crippen molar-refractivity contribution in [1.82, 2.24) is 5.32 Å². The number of hydrogen-bond donors (Lipinski definition) is 1.